The fraction of sp³-hybridized carbons (Fsp3) is 0.606. The molecule has 272 valence electrons. The second-order valence-corrected chi connectivity index (χ2v) is 10.2. The molecule has 6 N–H and O–H groups in total. The summed E-state index contributed by atoms with van der Waals surface area (Å²) >= 11 is 3.67. The maximum Gasteiger partial charge on any atom is 0.320 e. The number of nitrogens with two attached hydrogens (primary N) is 1. The van der Waals surface area contributed by atoms with Crippen LogP contribution in [0, 0.1) is 11.6 Å². The lowest BCUT2D eigenvalue weighted by atomic mass is 10.1. The molecule has 0 aliphatic carbocycles. The van der Waals surface area contributed by atoms with Crippen LogP contribution in [0.1, 0.15) is 111 Å². The number of hydrogen-bond acceptors (Lipinski definition) is 8. The smallest absolute Gasteiger partial charge is 0.320 e. The zero-order chi connectivity index (χ0) is 37.1. The number of aliphatic hydroxyl groups is 2. The van der Waals surface area contributed by atoms with Crippen LogP contribution in [-0.2, 0) is 6.61 Å². The third-order valence-corrected chi connectivity index (χ3v) is 6.89. The molecule has 0 saturated carbocycles. The van der Waals surface area contributed by atoms with Gasteiger partial charge in [-0.2, -0.15) is 4.37 Å². The Labute approximate surface area is 293 Å². The van der Waals surface area contributed by atoms with Crippen molar-refractivity contribution < 1.29 is 33.3 Å². The van der Waals surface area contributed by atoms with E-state index < -0.39 is 42.4 Å². The zero-order valence-electron chi connectivity index (χ0n) is 30.0. The Morgan fingerprint density at radius 1 is 1.02 bits per heavy atom. The first-order valence-electron chi connectivity index (χ1n) is 16.4. The number of nitrogens with one attached hydrogen (secondary N) is 2. The largest absolute Gasteiger partial charge is 0.471 e. The van der Waals surface area contributed by atoms with E-state index in [4.69, 9.17) is 10.5 Å². The Kier molecular flexibility index (Phi) is 30.3. The number of primary amides is 1. The van der Waals surface area contributed by atoms with Gasteiger partial charge in [0, 0.05) is 42.6 Å². The van der Waals surface area contributed by atoms with Gasteiger partial charge in [-0.25, -0.2) is 13.6 Å². The van der Waals surface area contributed by atoms with Crippen LogP contribution in [0.4, 0.5) is 18.6 Å². The van der Waals surface area contributed by atoms with Crippen LogP contribution < -0.4 is 21.1 Å². The summed E-state index contributed by atoms with van der Waals surface area (Å²) in [7, 11) is 0. The topological polar surface area (TPSA) is 150 Å². The number of carbonyl (C=O) groups is 2. The maximum atomic E-state index is 14.1. The van der Waals surface area contributed by atoms with Gasteiger partial charge in [0.2, 0.25) is 5.88 Å². The number of allylic oxidation sites excluding steroid dienone is 1. The third kappa shape index (κ3) is 18.4. The molecular weight excluding hydrogens is 696 g/mol. The number of benzene rings is 1. The van der Waals surface area contributed by atoms with Gasteiger partial charge < -0.3 is 30.9 Å². The molecule has 0 aliphatic rings. The molecule has 3 amide bonds. The average molecular weight is 755 g/mol. The summed E-state index contributed by atoms with van der Waals surface area (Å²) in [5.41, 5.74) is 5.77. The number of hydrogen-bond donors (Lipinski definition) is 5. The summed E-state index contributed by atoms with van der Waals surface area (Å²) in [6, 6.07) is 1.36. The first-order valence-corrected chi connectivity index (χ1v) is 18.0. The van der Waals surface area contributed by atoms with Gasteiger partial charge in [0.25, 0.3) is 5.91 Å². The minimum absolute atomic E-state index is 0.0386. The molecule has 0 aliphatic heterocycles. The van der Waals surface area contributed by atoms with Crippen LogP contribution in [0.15, 0.2) is 28.4 Å². The van der Waals surface area contributed by atoms with Crippen molar-refractivity contribution in [2.45, 2.75) is 114 Å². The number of aliphatic hydroxyl groups excluding tert-OH is 2. The highest BCUT2D eigenvalue weighted by Gasteiger charge is 2.24. The fourth-order valence-electron chi connectivity index (χ4n) is 3.81. The van der Waals surface area contributed by atoms with Gasteiger partial charge in [0.1, 0.15) is 28.8 Å². The van der Waals surface area contributed by atoms with Crippen LogP contribution >= 0.6 is 27.5 Å². The molecule has 1 aromatic heterocycles. The zero-order valence-corrected chi connectivity index (χ0v) is 32.4. The van der Waals surface area contributed by atoms with Gasteiger partial charge >= 0.3 is 6.03 Å². The summed E-state index contributed by atoms with van der Waals surface area (Å²) in [6.07, 6.45) is 1.43. The van der Waals surface area contributed by atoms with Crippen molar-refractivity contribution in [2.24, 2.45) is 5.73 Å². The van der Waals surface area contributed by atoms with Crippen molar-refractivity contribution in [1.29, 1.82) is 0 Å². The predicted molar refractivity (Wildman–Crippen MR) is 194 cm³/mol. The predicted octanol–water partition coefficient (Wildman–Crippen LogP) is 8.23. The van der Waals surface area contributed by atoms with Gasteiger partial charge in [-0.1, -0.05) is 84.3 Å². The average Bonchev–Trinajstić information content (AvgIpc) is 3.46. The number of carbonyl (C=O) groups excluding carboxylic acids is 2. The van der Waals surface area contributed by atoms with E-state index >= 15 is 0 Å². The molecule has 0 spiro atoms. The van der Waals surface area contributed by atoms with E-state index in [-0.39, 0.29) is 39.4 Å². The molecule has 14 heteroatoms. The van der Waals surface area contributed by atoms with Crippen LogP contribution in [0.3, 0.4) is 0 Å². The van der Waals surface area contributed by atoms with Crippen molar-refractivity contribution >= 4 is 44.4 Å². The third-order valence-electron chi connectivity index (χ3n) is 5.69. The molecule has 47 heavy (non-hydrogen) atoms. The molecule has 10 nitrogen and oxygen atoms in total. The molecule has 2 rings (SSSR count). The second kappa shape index (κ2) is 29.3. The number of anilines is 1. The molecule has 2 atom stereocenters. The van der Waals surface area contributed by atoms with E-state index in [1.807, 2.05) is 82.2 Å². The van der Waals surface area contributed by atoms with Crippen molar-refractivity contribution in [3.63, 3.8) is 0 Å². The Hall–Kier alpha value is -2.81. The minimum Gasteiger partial charge on any atom is -0.471 e. The highest BCUT2D eigenvalue weighted by molar-refractivity contribution is 9.10. The van der Waals surface area contributed by atoms with E-state index in [2.05, 4.69) is 35.8 Å². The van der Waals surface area contributed by atoms with E-state index in [0.717, 1.165) is 37.3 Å². The lowest BCUT2D eigenvalue weighted by Crippen LogP contribution is -2.37. The summed E-state index contributed by atoms with van der Waals surface area (Å²) in [4.78, 5) is 26.5. The number of nitrogens with zero attached hydrogens (tertiary/aromatic N) is 2. The van der Waals surface area contributed by atoms with E-state index in [9.17, 15) is 28.6 Å². The van der Waals surface area contributed by atoms with Gasteiger partial charge in [0.05, 0.1) is 17.8 Å². The number of aromatic nitrogens is 1. The van der Waals surface area contributed by atoms with Gasteiger partial charge in [-0.15, -0.1) is 0 Å². The van der Waals surface area contributed by atoms with Crippen LogP contribution in [0.2, 0.25) is 0 Å². The van der Waals surface area contributed by atoms with Gasteiger partial charge in [0.15, 0.2) is 0 Å². The summed E-state index contributed by atoms with van der Waals surface area (Å²) in [5.74, 6) is -2.98. The molecule has 1 heterocycles. The highest BCUT2D eigenvalue weighted by Crippen LogP contribution is 2.31. The molecular formula is C33H58BrF2N5O5S. The number of amides is 3. The standard InChI is InChI=1S/C25H34BrF2N5O5S.4C2H6/c1-4-7-15(33(5-2)6-3)10-16(34)11-17(35)12-30-25(37)31-24-21(22(29)36)23(32-39-24)38-13-18-19(27)8-14(26)9-20(18)28;4*1-2/h7-9,16-17,34-35H,4-6,10-13H2,1-3H3,(H2,29,36)(H2,30,31,37);4*1-2H3/b15-7+;;;;. The molecule has 0 saturated heterocycles. The van der Waals surface area contributed by atoms with E-state index in [1.54, 1.807) is 0 Å². The highest BCUT2D eigenvalue weighted by atomic mass is 79.9. The van der Waals surface area contributed by atoms with E-state index in [1.165, 1.54) is 0 Å². The number of ether oxygens (including phenoxy) is 1. The molecule has 2 unspecified atom stereocenters. The molecule has 1 aromatic carbocycles. The Balaban J connectivity index is -0.00000224. The van der Waals surface area contributed by atoms with Crippen LogP contribution in [-0.4, -0.2) is 63.3 Å². The van der Waals surface area contributed by atoms with Gasteiger partial charge in [-0.3, -0.25) is 10.1 Å². The Bertz CT molecular complexity index is 1140. The first kappa shape index (κ1) is 48.6. The summed E-state index contributed by atoms with van der Waals surface area (Å²) in [6.45, 7) is 22.9. The van der Waals surface area contributed by atoms with Crippen molar-refractivity contribution in [2.75, 3.05) is 25.0 Å². The normalized spacial score (nSPS) is 11.4. The van der Waals surface area contributed by atoms with Crippen molar-refractivity contribution in [3.05, 3.63) is 51.1 Å². The summed E-state index contributed by atoms with van der Waals surface area (Å²) in [5, 5.41) is 25.6. The Morgan fingerprint density at radius 2 is 1.55 bits per heavy atom. The molecule has 0 fully saturated rings. The molecule has 2 aromatic rings. The molecule has 0 radical (unpaired) electrons. The summed E-state index contributed by atoms with van der Waals surface area (Å²) < 4.78 is 37.6. The lowest BCUT2D eigenvalue weighted by Gasteiger charge is -2.27. The Morgan fingerprint density at radius 3 is 2.02 bits per heavy atom. The van der Waals surface area contributed by atoms with Crippen LogP contribution in [0.25, 0.3) is 0 Å². The lowest BCUT2D eigenvalue weighted by molar-refractivity contribution is 0.0774. The minimum atomic E-state index is -1.03. The van der Waals surface area contributed by atoms with Crippen molar-refractivity contribution in [1.82, 2.24) is 14.6 Å². The molecule has 0 bridgehead atoms. The van der Waals surface area contributed by atoms with Crippen molar-refractivity contribution in [3.8, 4) is 5.88 Å². The van der Waals surface area contributed by atoms with E-state index in [0.29, 0.717) is 18.0 Å². The van der Waals surface area contributed by atoms with Crippen LogP contribution in [0.5, 0.6) is 5.88 Å². The number of urea groups is 1. The second-order valence-electron chi connectivity index (χ2n) is 8.55. The van der Waals surface area contributed by atoms with Gasteiger partial charge in [-0.05, 0) is 43.9 Å². The quantitative estimate of drug-likeness (QED) is 0.123. The fourth-order valence-corrected chi connectivity index (χ4v) is 4.95. The monoisotopic (exact) mass is 753 g/mol. The SMILES string of the molecule is CC.CC.CC.CC.CC/C=C(\CC(O)CC(O)CNC(=O)Nc1snc(OCc2c(F)cc(Br)cc2F)c1C(N)=O)N(CC)CC. The first-order chi connectivity index (χ1) is 22.5. The number of halogens is 3. The maximum absolute atomic E-state index is 14.1. The number of rotatable bonds is 15.